The molecule has 0 aliphatic heterocycles. The lowest BCUT2D eigenvalue weighted by atomic mass is 9.90. The van der Waals surface area contributed by atoms with Gasteiger partial charge in [0.2, 0.25) is 0 Å². The predicted molar refractivity (Wildman–Crippen MR) is 115 cm³/mol. The molecule has 0 aromatic heterocycles. The van der Waals surface area contributed by atoms with Crippen molar-refractivity contribution in [3.63, 3.8) is 0 Å². The highest BCUT2D eigenvalue weighted by Crippen LogP contribution is 2.37. The van der Waals surface area contributed by atoms with Crippen molar-refractivity contribution in [3.8, 4) is 22.3 Å². The summed E-state index contributed by atoms with van der Waals surface area (Å²) in [6.07, 6.45) is 3.78. The molecule has 4 aromatic rings. The van der Waals surface area contributed by atoms with Gasteiger partial charge in [0.05, 0.1) is 0 Å². The molecule has 0 nitrogen and oxygen atoms in total. The van der Waals surface area contributed by atoms with E-state index in [-0.39, 0.29) is 0 Å². The molecule has 0 aliphatic carbocycles. The van der Waals surface area contributed by atoms with E-state index in [2.05, 4.69) is 98.1 Å². The Labute approximate surface area is 154 Å². The monoisotopic (exact) mass is 332 g/mol. The second-order valence-corrected chi connectivity index (χ2v) is 6.37. The summed E-state index contributed by atoms with van der Waals surface area (Å²) in [5.41, 5.74) is 7.16. The Kier molecular flexibility index (Phi) is 4.25. The van der Waals surface area contributed by atoms with Gasteiger partial charge in [-0.3, -0.25) is 0 Å². The van der Waals surface area contributed by atoms with Crippen LogP contribution in [0.2, 0.25) is 0 Å². The average Bonchev–Trinajstić information content (AvgIpc) is 2.73. The first-order valence-electron chi connectivity index (χ1n) is 8.77. The van der Waals surface area contributed by atoms with E-state index >= 15 is 0 Å². The van der Waals surface area contributed by atoms with E-state index in [0.29, 0.717) is 0 Å². The van der Waals surface area contributed by atoms with Crippen molar-refractivity contribution in [3.05, 3.63) is 109 Å². The molecule has 0 saturated heterocycles. The molecule has 0 N–H and O–H groups in total. The highest BCUT2D eigenvalue weighted by atomic mass is 14.1. The van der Waals surface area contributed by atoms with Crippen LogP contribution in [0, 0.1) is 0 Å². The minimum absolute atomic E-state index is 1.13. The van der Waals surface area contributed by atoms with Gasteiger partial charge in [-0.15, -0.1) is 0 Å². The summed E-state index contributed by atoms with van der Waals surface area (Å²) in [4.78, 5) is 0. The van der Waals surface area contributed by atoms with Crippen molar-refractivity contribution in [1.82, 2.24) is 0 Å². The second kappa shape index (κ2) is 6.85. The van der Waals surface area contributed by atoms with Gasteiger partial charge < -0.3 is 0 Å². The third kappa shape index (κ3) is 2.87. The first-order valence-corrected chi connectivity index (χ1v) is 8.77. The van der Waals surface area contributed by atoms with Crippen LogP contribution in [0.3, 0.4) is 0 Å². The molecule has 26 heavy (non-hydrogen) atoms. The zero-order chi connectivity index (χ0) is 17.9. The van der Waals surface area contributed by atoms with E-state index in [4.69, 9.17) is 0 Å². The van der Waals surface area contributed by atoms with Gasteiger partial charge in [0.1, 0.15) is 0 Å². The van der Waals surface area contributed by atoms with Crippen LogP contribution in [-0.4, -0.2) is 0 Å². The van der Waals surface area contributed by atoms with Crippen LogP contribution in [0.25, 0.3) is 45.2 Å². The van der Waals surface area contributed by atoms with Gasteiger partial charge in [0, 0.05) is 0 Å². The summed E-state index contributed by atoms with van der Waals surface area (Å²) in [6.45, 7) is 7.81. The number of fused-ring (bicyclic) bond motifs is 1. The topological polar surface area (TPSA) is 0 Å². The van der Waals surface area contributed by atoms with E-state index in [9.17, 15) is 0 Å². The fraction of sp³-hybridized carbons (Fsp3) is 0. The lowest BCUT2D eigenvalue weighted by molar-refractivity contribution is 1.60. The van der Waals surface area contributed by atoms with Crippen molar-refractivity contribution < 1.29 is 0 Å². The molecule has 124 valence electrons. The van der Waals surface area contributed by atoms with Crippen molar-refractivity contribution in [2.75, 3.05) is 0 Å². The number of rotatable bonds is 4. The van der Waals surface area contributed by atoms with E-state index in [1.54, 1.807) is 0 Å². The Morgan fingerprint density at radius 1 is 0.538 bits per heavy atom. The minimum atomic E-state index is 1.13. The summed E-state index contributed by atoms with van der Waals surface area (Å²) < 4.78 is 0. The Hall–Kier alpha value is -3.38. The molecule has 0 radical (unpaired) electrons. The molecule has 0 heterocycles. The van der Waals surface area contributed by atoms with E-state index in [1.165, 1.54) is 33.0 Å². The molecule has 0 aliphatic rings. The van der Waals surface area contributed by atoms with Gasteiger partial charge >= 0.3 is 0 Å². The Morgan fingerprint density at radius 3 is 1.46 bits per heavy atom. The van der Waals surface area contributed by atoms with Gasteiger partial charge in [0.15, 0.2) is 0 Å². The third-order valence-corrected chi connectivity index (χ3v) is 4.77. The second-order valence-electron chi connectivity index (χ2n) is 6.37. The Balaban J connectivity index is 2.03. The maximum atomic E-state index is 3.90. The first-order chi connectivity index (χ1) is 12.8. The zero-order valence-electron chi connectivity index (χ0n) is 14.7. The van der Waals surface area contributed by atoms with Crippen LogP contribution in [0.15, 0.2) is 98.1 Å². The minimum Gasteiger partial charge on any atom is -0.0985 e. The van der Waals surface area contributed by atoms with Crippen molar-refractivity contribution in [2.45, 2.75) is 0 Å². The zero-order valence-corrected chi connectivity index (χ0v) is 14.7. The van der Waals surface area contributed by atoms with E-state index in [1.807, 2.05) is 12.2 Å². The maximum absolute atomic E-state index is 3.90. The lowest BCUT2D eigenvalue weighted by Gasteiger charge is -2.13. The molecular weight excluding hydrogens is 312 g/mol. The van der Waals surface area contributed by atoms with Crippen molar-refractivity contribution >= 4 is 22.9 Å². The van der Waals surface area contributed by atoms with E-state index in [0.717, 1.165) is 11.1 Å². The molecule has 0 amide bonds. The molecule has 0 bridgehead atoms. The lowest BCUT2D eigenvalue weighted by Crippen LogP contribution is -1.87. The summed E-state index contributed by atoms with van der Waals surface area (Å²) in [7, 11) is 0. The summed E-state index contributed by atoms with van der Waals surface area (Å²) in [6, 6.07) is 30.1. The molecule has 0 spiro atoms. The molecule has 0 atom stereocenters. The molecule has 0 saturated carbocycles. The quantitative estimate of drug-likeness (QED) is 0.364. The maximum Gasteiger partial charge on any atom is -0.00268 e. The van der Waals surface area contributed by atoms with Crippen LogP contribution in [0.4, 0.5) is 0 Å². The molecule has 4 aromatic carbocycles. The number of hydrogen-bond acceptors (Lipinski definition) is 0. The largest absolute Gasteiger partial charge is 0.0985 e. The Bertz CT molecular complexity index is 1030. The highest BCUT2D eigenvalue weighted by molar-refractivity contribution is 6.06. The summed E-state index contributed by atoms with van der Waals surface area (Å²) >= 11 is 0. The normalized spacial score (nSPS) is 10.6. The summed E-state index contributed by atoms with van der Waals surface area (Å²) in [5.74, 6) is 0. The molecular formula is C26H20. The first kappa shape index (κ1) is 16.1. The van der Waals surface area contributed by atoms with Crippen molar-refractivity contribution in [2.24, 2.45) is 0 Å². The van der Waals surface area contributed by atoms with Crippen LogP contribution in [-0.2, 0) is 0 Å². The van der Waals surface area contributed by atoms with Crippen molar-refractivity contribution in [1.29, 1.82) is 0 Å². The van der Waals surface area contributed by atoms with Gasteiger partial charge in [-0.25, -0.2) is 0 Å². The van der Waals surface area contributed by atoms with Crippen LogP contribution < -0.4 is 0 Å². The molecule has 0 fully saturated rings. The highest BCUT2D eigenvalue weighted by Gasteiger charge is 2.10. The van der Waals surface area contributed by atoms with Crippen LogP contribution in [0.5, 0.6) is 0 Å². The predicted octanol–water partition coefficient (Wildman–Crippen LogP) is 7.46. The third-order valence-electron chi connectivity index (χ3n) is 4.77. The standard InChI is InChI=1S/C26H20/c1-3-19-9-5-13-22(17-19)24-15-7-11-21-12-8-16-25(26(21)24)23-14-6-10-20(4-2)18-23/h3-18H,1-2H2. The molecule has 0 unspecified atom stereocenters. The SMILES string of the molecule is C=Cc1cccc(-c2cccc3cccc(-c4cccc(C=C)c4)c23)c1. The molecule has 4 rings (SSSR count). The Morgan fingerprint density at radius 2 is 1.00 bits per heavy atom. The summed E-state index contributed by atoms with van der Waals surface area (Å²) in [5, 5.41) is 2.52. The van der Waals surface area contributed by atoms with Crippen LogP contribution >= 0.6 is 0 Å². The number of hydrogen-bond donors (Lipinski definition) is 0. The van der Waals surface area contributed by atoms with Crippen LogP contribution in [0.1, 0.15) is 11.1 Å². The fourth-order valence-corrected chi connectivity index (χ4v) is 3.49. The number of benzene rings is 4. The average molecular weight is 332 g/mol. The van der Waals surface area contributed by atoms with Gasteiger partial charge in [-0.1, -0.05) is 98.1 Å². The van der Waals surface area contributed by atoms with Gasteiger partial charge in [-0.2, -0.15) is 0 Å². The smallest absolute Gasteiger partial charge is 0.00268 e. The van der Waals surface area contributed by atoms with E-state index < -0.39 is 0 Å². The fourth-order valence-electron chi connectivity index (χ4n) is 3.49. The van der Waals surface area contributed by atoms with Gasteiger partial charge in [-0.05, 0) is 56.3 Å². The van der Waals surface area contributed by atoms with Gasteiger partial charge in [0.25, 0.3) is 0 Å². The molecule has 0 heteroatoms.